The highest BCUT2D eigenvalue weighted by molar-refractivity contribution is 6.27. The molecule has 0 radical (unpaired) electrons. The minimum absolute atomic E-state index is 0.180. The summed E-state index contributed by atoms with van der Waals surface area (Å²) in [5.41, 5.74) is 5.01. The quantitative estimate of drug-likeness (QED) is 0.556. The summed E-state index contributed by atoms with van der Waals surface area (Å²) < 4.78 is 0. The van der Waals surface area contributed by atoms with Gasteiger partial charge < -0.3 is 10.8 Å². The second-order valence-electron chi connectivity index (χ2n) is 1.82. The number of aliphatic carboxylic acids is 1. The monoisotopic (exact) mass is 165 g/mol. The molecule has 0 heterocycles. The average Bonchev–Trinajstić information content (AvgIpc) is 1.87. The molecule has 58 valence electrons. The zero-order valence-electron chi connectivity index (χ0n) is 5.21. The summed E-state index contributed by atoms with van der Waals surface area (Å²) >= 11 is 5.10. The zero-order valence-corrected chi connectivity index (χ0v) is 5.97. The molecule has 0 aliphatic carbocycles. The van der Waals surface area contributed by atoms with Gasteiger partial charge in [0.1, 0.15) is 11.8 Å². The van der Waals surface area contributed by atoms with Crippen molar-refractivity contribution in [3.63, 3.8) is 0 Å². The minimum Gasteiger partial charge on any atom is -0.480 e. The van der Waals surface area contributed by atoms with Crippen LogP contribution in [0.25, 0.3) is 0 Å². The molecule has 0 rings (SSSR count). The Morgan fingerprint density at radius 1 is 1.60 bits per heavy atom. The molecule has 0 amide bonds. The van der Waals surface area contributed by atoms with E-state index in [1.165, 1.54) is 0 Å². The van der Waals surface area contributed by atoms with E-state index in [9.17, 15) is 9.59 Å². The molecule has 4 nitrogen and oxygen atoms in total. The van der Waals surface area contributed by atoms with E-state index in [1.54, 1.807) is 0 Å². The summed E-state index contributed by atoms with van der Waals surface area (Å²) in [5, 5.41) is 8.21. The molecule has 0 spiro atoms. The molecular weight excluding hydrogens is 158 g/mol. The van der Waals surface area contributed by atoms with Gasteiger partial charge in [-0.05, 0) is 0 Å². The highest BCUT2D eigenvalue weighted by Gasteiger charge is 2.14. The second kappa shape index (κ2) is 4.24. The molecule has 1 unspecified atom stereocenters. The molecule has 1 atom stereocenters. The lowest BCUT2D eigenvalue weighted by Crippen LogP contribution is -2.32. The van der Waals surface area contributed by atoms with Crippen molar-refractivity contribution in [3.05, 3.63) is 0 Å². The number of alkyl halides is 1. The van der Waals surface area contributed by atoms with Crippen LogP contribution in [-0.2, 0) is 9.59 Å². The third kappa shape index (κ3) is 3.42. The lowest BCUT2D eigenvalue weighted by molar-refractivity contribution is -0.140. The van der Waals surface area contributed by atoms with Crippen molar-refractivity contribution in [2.24, 2.45) is 5.73 Å². The Labute approximate surface area is 63.0 Å². The third-order valence-electron chi connectivity index (χ3n) is 0.914. The number of hydrogen-bond donors (Lipinski definition) is 2. The maximum absolute atomic E-state index is 10.5. The number of ketones is 1. The number of nitrogens with two attached hydrogens (primary N) is 1. The fourth-order valence-electron chi connectivity index (χ4n) is 0.387. The molecule has 10 heavy (non-hydrogen) atoms. The molecule has 0 aliphatic heterocycles. The molecule has 5 heteroatoms. The van der Waals surface area contributed by atoms with Crippen molar-refractivity contribution < 1.29 is 14.7 Å². The smallest absolute Gasteiger partial charge is 0.320 e. The van der Waals surface area contributed by atoms with Gasteiger partial charge in [0.2, 0.25) is 0 Å². The molecule has 0 aliphatic rings. The van der Waals surface area contributed by atoms with E-state index >= 15 is 0 Å². The zero-order chi connectivity index (χ0) is 8.15. The lowest BCUT2D eigenvalue weighted by Gasteiger charge is -2.01. The predicted molar refractivity (Wildman–Crippen MR) is 36.0 cm³/mol. The van der Waals surface area contributed by atoms with Crippen LogP contribution in [-0.4, -0.2) is 28.8 Å². The Balaban J connectivity index is 3.68. The van der Waals surface area contributed by atoms with Gasteiger partial charge >= 0.3 is 5.97 Å². The molecule has 0 saturated carbocycles. The summed E-state index contributed by atoms with van der Waals surface area (Å²) in [6, 6.07) is -1.12. The molecule has 3 N–H and O–H groups in total. The Morgan fingerprint density at radius 3 is 2.40 bits per heavy atom. The first kappa shape index (κ1) is 9.39. The Hall–Kier alpha value is -0.610. The van der Waals surface area contributed by atoms with Gasteiger partial charge in [-0.15, -0.1) is 11.6 Å². The van der Waals surface area contributed by atoms with Crippen LogP contribution in [0.3, 0.4) is 0 Å². The Morgan fingerprint density at radius 2 is 2.10 bits per heavy atom. The van der Waals surface area contributed by atoms with Crippen molar-refractivity contribution >= 4 is 23.4 Å². The van der Waals surface area contributed by atoms with Gasteiger partial charge in [0.25, 0.3) is 0 Å². The van der Waals surface area contributed by atoms with E-state index in [0.717, 1.165) is 0 Å². The van der Waals surface area contributed by atoms with Crippen LogP contribution in [0.4, 0.5) is 0 Å². The summed E-state index contributed by atoms with van der Waals surface area (Å²) in [4.78, 5) is 20.5. The van der Waals surface area contributed by atoms with E-state index in [4.69, 9.17) is 22.4 Å². The first-order valence-electron chi connectivity index (χ1n) is 2.64. The average molecular weight is 166 g/mol. The SMILES string of the molecule is NC(CC(=O)CCl)C(=O)O. The molecule has 0 aromatic heterocycles. The van der Waals surface area contributed by atoms with Crippen LogP contribution in [0.5, 0.6) is 0 Å². The first-order valence-corrected chi connectivity index (χ1v) is 3.17. The van der Waals surface area contributed by atoms with Gasteiger partial charge in [0.15, 0.2) is 0 Å². The fraction of sp³-hybridized carbons (Fsp3) is 0.600. The first-order chi connectivity index (χ1) is 4.57. The van der Waals surface area contributed by atoms with Crippen LogP contribution < -0.4 is 5.73 Å². The van der Waals surface area contributed by atoms with Crippen molar-refractivity contribution in [2.45, 2.75) is 12.5 Å². The highest BCUT2D eigenvalue weighted by Crippen LogP contribution is 1.91. The highest BCUT2D eigenvalue weighted by atomic mass is 35.5. The van der Waals surface area contributed by atoms with Crippen molar-refractivity contribution in [1.29, 1.82) is 0 Å². The van der Waals surface area contributed by atoms with Gasteiger partial charge in [0.05, 0.1) is 5.88 Å². The lowest BCUT2D eigenvalue weighted by atomic mass is 10.2. The number of halogens is 1. The van der Waals surface area contributed by atoms with Crippen molar-refractivity contribution in [3.8, 4) is 0 Å². The van der Waals surface area contributed by atoms with E-state index in [0.29, 0.717) is 0 Å². The van der Waals surface area contributed by atoms with Gasteiger partial charge in [-0.1, -0.05) is 0 Å². The molecule has 0 bridgehead atoms. The van der Waals surface area contributed by atoms with Crippen LogP contribution >= 0.6 is 11.6 Å². The minimum atomic E-state index is -1.18. The maximum atomic E-state index is 10.5. The summed E-state index contributed by atoms with van der Waals surface area (Å²) in [6.45, 7) is 0. The van der Waals surface area contributed by atoms with Gasteiger partial charge in [-0.3, -0.25) is 9.59 Å². The maximum Gasteiger partial charge on any atom is 0.320 e. The Bertz CT molecular complexity index is 148. The largest absolute Gasteiger partial charge is 0.480 e. The van der Waals surface area contributed by atoms with E-state index in [2.05, 4.69) is 0 Å². The van der Waals surface area contributed by atoms with Gasteiger partial charge in [0, 0.05) is 6.42 Å². The topological polar surface area (TPSA) is 80.4 Å². The number of carboxylic acids is 1. The predicted octanol–water partition coefficient (Wildman–Crippen LogP) is -0.404. The number of hydrogen-bond acceptors (Lipinski definition) is 3. The number of Topliss-reactive ketones (excluding diaryl/α,β-unsaturated/α-hetero) is 1. The second-order valence-corrected chi connectivity index (χ2v) is 2.09. The number of carbonyl (C=O) groups is 2. The number of carbonyl (C=O) groups excluding carboxylic acids is 1. The standard InChI is InChI=1S/C5H8ClNO3/c6-2-3(8)1-4(7)5(9)10/h4H,1-2,7H2,(H,9,10). The van der Waals surface area contributed by atoms with E-state index in [1.807, 2.05) is 0 Å². The molecule has 0 saturated heterocycles. The van der Waals surface area contributed by atoms with Crippen LogP contribution in [0.2, 0.25) is 0 Å². The molecule has 0 aromatic rings. The van der Waals surface area contributed by atoms with Crippen LogP contribution in [0.15, 0.2) is 0 Å². The Kier molecular flexibility index (Phi) is 3.99. The van der Waals surface area contributed by atoms with Crippen LogP contribution in [0.1, 0.15) is 6.42 Å². The summed E-state index contributed by atoms with van der Waals surface area (Å²) in [5.74, 6) is -1.71. The molecule has 0 aromatic carbocycles. The third-order valence-corrected chi connectivity index (χ3v) is 1.21. The number of rotatable bonds is 4. The van der Waals surface area contributed by atoms with Gasteiger partial charge in [-0.25, -0.2) is 0 Å². The molecular formula is C5H8ClNO3. The van der Waals surface area contributed by atoms with Crippen molar-refractivity contribution in [2.75, 3.05) is 5.88 Å². The number of carboxylic acid groups (broad SMARTS) is 1. The fourth-order valence-corrected chi connectivity index (χ4v) is 0.496. The van der Waals surface area contributed by atoms with Crippen molar-refractivity contribution in [1.82, 2.24) is 0 Å². The van der Waals surface area contributed by atoms with E-state index in [-0.39, 0.29) is 18.1 Å². The van der Waals surface area contributed by atoms with Crippen LogP contribution in [0, 0.1) is 0 Å². The van der Waals surface area contributed by atoms with Gasteiger partial charge in [-0.2, -0.15) is 0 Å². The summed E-state index contributed by atoms with van der Waals surface area (Å²) in [7, 11) is 0. The normalized spacial score (nSPS) is 12.6. The summed E-state index contributed by atoms with van der Waals surface area (Å²) in [6.07, 6.45) is -0.196. The van der Waals surface area contributed by atoms with E-state index < -0.39 is 12.0 Å². The molecule has 0 fully saturated rings.